The minimum absolute atomic E-state index is 0.0622. The Morgan fingerprint density at radius 3 is 2.52 bits per heavy atom. The van der Waals surface area contributed by atoms with E-state index in [0.29, 0.717) is 32.9 Å². The number of aryl methyl sites for hydroxylation is 1. The molecule has 0 amide bonds. The zero-order valence-corrected chi connectivity index (χ0v) is 24.5. The average molecular weight is 596 g/mol. The predicted molar refractivity (Wildman–Crippen MR) is 153 cm³/mol. The lowest BCUT2D eigenvalue weighted by Crippen LogP contribution is -2.40. The first-order valence-corrected chi connectivity index (χ1v) is 13.8. The van der Waals surface area contributed by atoms with Crippen molar-refractivity contribution in [3.8, 4) is 11.5 Å². The molecule has 220 valence electrons. The molecule has 0 unspecified atom stereocenters. The number of nitro benzene ring substituents is 1. The van der Waals surface area contributed by atoms with E-state index in [1.807, 2.05) is 0 Å². The standard InChI is InChI=1S/C29H29N3O9S/c1-6-39-22-14-19(10-11-21(22)41-15-24(33)38-5)26-25(28(35)40-7-2)17(4)30-29-31(26)27(34)23(42-29)13-18-9-8-16(3)20(12-18)32(36)37/h8-14,26H,6-7,15H2,1-5H3/b23-13-/t26-/m1/s1. The Hall–Kier alpha value is -4.78. The van der Waals surface area contributed by atoms with Crippen LogP contribution in [0.1, 0.15) is 43.5 Å². The van der Waals surface area contributed by atoms with Gasteiger partial charge in [0.15, 0.2) is 22.9 Å². The van der Waals surface area contributed by atoms with Crippen LogP contribution in [0.15, 0.2) is 57.5 Å². The molecule has 0 saturated heterocycles. The molecule has 3 aromatic rings. The summed E-state index contributed by atoms with van der Waals surface area (Å²) in [6, 6.07) is 8.67. The third-order valence-corrected chi connectivity index (χ3v) is 7.38. The van der Waals surface area contributed by atoms with Crippen molar-refractivity contribution in [1.29, 1.82) is 0 Å². The zero-order chi connectivity index (χ0) is 30.6. The van der Waals surface area contributed by atoms with Crippen molar-refractivity contribution in [3.63, 3.8) is 0 Å². The van der Waals surface area contributed by atoms with Crippen LogP contribution < -0.4 is 24.4 Å². The van der Waals surface area contributed by atoms with E-state index in [1.54, 1.807) is 64.1 Å². The van der Waals surface area contributed by atoms with Crippen LogP contribution in [0.25, 0.3) is 6.08 Å². The Balaban J connectivity index is 1.91. The van der Waals surface area contributed by atoms with Crippen LogP contribution in [-0.4, -0.2) is 48.4 Å². The van der Waals surface area contributed by atoms with Crippen LogP contribution in [0, 0.1) is 17.0 Å². The lowest BCUT2D eigenvalue weighted by molar-refractivity contribution is -0.385. The van der Waals surface area contributed by atoms with Crippen molar-refractivity contribution in [2.24, 2.45) is 4.99 Å². The van der Waals surface area contributed by atoms with Gasteiger partial charge in [0, 0.05) is 11.6 Å². The van der Waals surface area contributed by atoms with Crippen LogP contribution in [0.4, 0.5) is 5.69 Å². The number of rotatable bonds is 10. The second-order valence-electron chi connectivity index (χ2n) is 9.11. The molecule has 0 N–H and O–H groups in total. The summed E-state index contributed by atoms with van der Waals surface area (Å²) in [6.07, 6.45) is 1.56. The minimum atomic E-state index is -0.927. The molecule has 0 bridgehead atoms. The van der Waals surface area contributed by atoms with Crippen LogP contribution in [-0.2, 0) is 19.1 Å². The van der Waals surface area contributed by atoms with Crippen molar-refractivity contribution >= 4 is 35.0 Å². The summed E-state index contributed by atoms with van der Waals surface area (Å²) in [5.41, 5.74) is 1.53. The Bertz CT molecular complexity index is 1770. The Kier molecular flexibility index (Phi) is 9.21. The lowest BCUT2D eigenvalue weighted by Gasteiger charge is -2.25. The third-order valence-electron chi connectivity index (χ3n) is 6.40. The number of carbonyl (C=O) groups excluding carboxylic acids is 2. The van der Waals surface area contributed by atoms with Crippen LogP contribution in [0.3, 0.4) is 0 Å². The van der Waals surface area contributed by atoms with Crippen molar-refractivity contribution in [3.05, 3.63) is 94.2 Å². The summed E-state index contributed by atoms with van der Waals surface area (Å²) in [4.78, 5) is 54.6. The molecule has 12 nitrogen and oxygen atoms in total. The molecule has 0 fully saturated rings. The molecule has 1 aliphatic rings. The molecule has 13 heteroatoms. The first-order valence-electron chi connectivity index (χ1n) is 13.0. The molecule has 1 atom stereocenters. The van der Waals surface area contributed by atoms with E-state index in [4.69, 9.17) is 14.2 Å². The molecule has 2 heterocycles. The molecule has 2 aromatic carbocycles. The Labute approximate surface area is 244 Å². The smallest absolute Gasteiger partial charge is 0.343 e. The van der Waals surface area contributed by atoms with Crippen molar-refractivity contribution in [2.75, 3.05) is 26.9 Å². The van der Waals surface area contributed by atoms with E-state index in [1.165, 1.54) is 17.7 Å². The number of benzene rings is 2. The summed E-state index contributed by atoms with van der Waals surface area (Å²) in [5.74, 6) is -0.629. The van der Waals surface area contributed by atoms with E-state index < -0.39 is 28.5 Å². The molecule has 0 saturated carbocycles. The average Bonchev–Trinajstić information content (AvgIpc) is 3.26. The number of carbonyl (C=O) groups is 2. The van der Waals surface area contributed by atoms with E-state index >= 15 is 0 Å². The van der Waals surface area contributed by atoms with Gasteiger partial charge in [-0.05, 0) is 57.0 Å². The van der Waals surface area contributed by atoms with Gasteiger partial charge >= 0.3 is 11.9 Å². The highest BCUT2D eigenvalue weighted by Crippen LogP contribution is 2.36. The Morgan fingerprint density at radius 2 is 1.86 bits per heavy atom. The van der Waals surface area contributed by atoms with E-state index in [0.717, 1.165) is 11.3 Å². The maximum atomic E-state index is 13.9. The quantitative estimate of drug-likeness (QED) is 0.196. The normalized spacial score (nSPS) is 14.6. The van der Waals surface area contributed by atoms with Gasteiger partial charge in [-0.15, -0.1) is 0 Å². The van der Waals surface area contributed by atoms with Crippen molar-refractivity contribution in [2.45, 2.75) is 33.7 Å². The first kappa shape index (κ1) is 30.2. The second kappa shape index (κ2) is 12.8. The van der Waals surface area contributed by atoms with Gasteiger partial charge in [0.2, 0.25) is 0 Å². The number of fused-ring (bicyclic) bond motifs is 1. The van der Waals surface area contributed by atoms with Gasteiger partial charge < -0.3 is 18.9 Å². The van der Waals surface area contributed by atoms with Crippen LogP contribution in [0.2, 0.25) is 0 Å². The van der Waals surface area contributed by atoms with Gasteiger partial charge in [-0.25, -0.2) is 14.6 Å². The molecule has 0 spiro atoms. The molecule has 0 radical (unpaired) electrons. The molecule has 1 aromatic heterocycles. The first-order chi connectivity index (χ1) is 20.1. The number of allylic oxidation sites excluding steroid dienone is 1. The number of ether oxygens (including phenoxy) is 4. The number of thiazole rings is 1. The fourth-order valence-electron chi connectivity index (χ4n) is 4.45. The van der Waals surface area contributed by atoms with Crippen molar-refractivity contribution < 1.29 is 33.5 Å². The fourth-order valence-corrected chi connectivity index (χ4v) is 5.50. The molecule has 1 aliphatic heterocycles. The predicted octanol–water partition coefficient (Wildman–Crippen LogP) is 2.97. The van der Waals surface area contributed by atoms with E-state index in [2.05, 4.69) is 9.73 Å². The molecule has 0 aliphatic carbocycles. The number of nitrogens with zero attached hydrogens (tertiary/aromatic N) is 3. The number of nitro groups is 1. The largest absolute Gasteiger partial charge is 0.490 e. The molecule has 4 rings (SSSR count). The Morgan fingerprint density at radius 1 is 1.10 bits per heavy atom. The van der Waals surface area contributed by atoms with Gasteiger partial charge in [0.25, 0.3) is 11.2 Å². The van der Waals surface area contributed by atoms with Gasteiger partial charge in [0.1, 0.15) is 0 Å². The van der Waals surface area contributed by atoms with Crippen molar-refractivity contribution in [1.82, 2.24) is 4.57 Å². The third kappa shape index (κ3) is 6.10. The van der Waals surface area contributed by atoms with Crippen LogP contribution in [0.5, 0.6) is 11.5 Å². The highest BCUT2D eigenvalue weighted by Gasteiger charge is 2.34. The summed E-state index contributed by atoms with van der Waals surface area (Å²) in [5, 5.41) is 11.5. The fraction of sp³-hybridized carbons (Fsp3) is 0.310. The highest BCUT2D eigenvalue weighted by atomic mass is 32.1. The molecular weight excluding hydrogens is 566 g/mol. The SMILES string of the molecule is CCOC(=O)C1=C(C)N=c2s/c(=C\c3ccc(C)c([N+](=O)[O-])c3)c(=O)n2[C@@H]1c1ccc(OCC(=O)OC)c(OCC)c1. The summed E-state index contributed by atoms with van der Waals surface area (Å²) < 4.78 is 23.0. The number of esters is 2. The topological polar surface area (TPSA) is 149 Å². The summed E-state index contributed by atoms with van der Waals surface area (Å²) in [7, 11) is 1.25. The van der Waals surface area contributed by atoms with E-state index in [-0.39, 0.29) is 41.4 Å². The number of methoxy groups -OCH3 is 1. The zero-order valence-electron chi connectivity index (χ0n) is 23.7. The monoisotopic (exact) mass is 595 g/mol. The second-order valence-corrected chi connectivity index (χ2v) is 10.1. The summed E-state index contributed by atoms with van der Waals surface area (Å²) >= 11 is 1.10. The molecule has 42 heavy (non-hydrogen) atoms. The number of hydrogen-bond donors (Lipinski definition) is 0. The maximum Gasteiger partial charge on any atom is 0.343 e. The van der Waals surface area contributed by atoms with Gasteiger partial charge in [-0.1, -0.05) is 29.5 Å². The number of aromatic nitrogens is 1. The van der Waals surface area contributed by atoms with Gasteiger partial charge in [0.05, 0.1) is 47.1 Å². The van der Waals surface area contributed by atoms with E-state index in [9.17, 15) is 24.5 Å². The highest BCUT2D eigenvalue weighted by molar-refractivity contribution is 7.07. The minimum Gasteiger partial charge on any atom is -0.490 e. The molecular formula is C29H29N3O9S. The summed E-state index contributed by atoms with van der Waals surface area (Å²) in [6.45, 7) is 6.82. The van der Waals surface area contributed by atoms with Crippen LogP contribution >= 0.6 is 11.3 Å². The number of hydrogen-bond acceptors (Lipinski definition) is 11. The van der Waals surface area contributed by atoms with Gasteiger partial charge in [-0.2, -0.15) is 0 Å². The maximum absolute atomic E-state index is 13.9. The lowest BCUT2D eigenvalue weighted by atomic mass is 9.95. The van der Waals surface area contributed by atoms with Gasteiger partial charge in [-0.3, -0.25) is 19.5 Å².